The van der Waals surface area contributed by atoms with Gasteiger partial charge in [-0.25, -0.2) is 18.4 Å². The standard InChI is InChI=1S/C18H12F2N2O4/c19-12-3-1-11(14(20)8-12)9-22-16-7-10(18(25)26)2-4-13(16)15(21-22)5-6-17(23)24/h1-8H,9H2,(H,23,24)(H,25,26). The largest absolute Gasteiger partial charge is 0.478 e. The molecular formula is C18H12F2N2O4. The van der Waals surface area contributed by atoms with E-state index < -0.39 is 23.6 Å². The van der Waals surface area contributed by atoms with E-state index in [0.717, 1.165) is 18.2 Å². The van der Waals surface area contributed by atoms with Gasteiger partial charge in [-0.3, -0.25) is 4.68 Å². The van der Waals surface area contributed by atoms with Gasteiger partial charge in [0, 0.05) is 23.1 Å². The SMILES string of the molecule is O=C(O)C=Cc1nn(Cc2ccc(F)cc2F)c2cc(C(=O)O)ccc12. The number of aromatic nitrogens is 2. The lowest BCUT2D eigenvalue weighted by atomic mass is 10.1. The first-order chi connectivity index (χ1) is 12.3. The number of benzene rings is 2. The number of nitrogens with zero attached hydrogens (tertiary/aromatic N) is 2. The molecule has 0 unspecified atom stereocenters. The van der Waals surface area contributed by atoms with Crippen molar-refractivity contribution in [1.29, 1.82) is 0 Å². The molecular weight excluding hydrogens is 346 g/mol. The number of aliphatic carboxylic acids is 1. The molecule has 132 valence electrons. The van der Waals surface area contributed by atoms with E-state index in [0.29, 0.717) is 16.6 Å². The van der Waals surface area contributed by atoms with Crippen LogP contribution in [0.2, 0.25) is 0 Å². The molecule has 2 N–H and O–H groups in total. The third-order valence-electron chi connectivity index (χ3n) is 3.75. The van der Waals surface area contributed by atoms with Crippen LogP contribution in [0.4, 0.5) is 8.78 Å². The van der Waals surface area contributed by atoms with Crippen molar-refractivity contribution in [1.82, 2.24) is 9.78 Å². The molecule has 0 bridgehead atoms. The van der Waals surface area contributed by atoms with Crippen molar-refractivity contribution in [2.24, 2.45) is 0 Å². The lowest BCUT2D eigenvalue weighted by Gasteiger charge is -2.06. The first-order valence-electron chi connectivity index (χ1n) is 7.44. The van der Waals surface area contributed by atoms with Crippen molar-refractivity contribution >= 4 is 28.9 Å². The number of carboxylic acid groups (broad SMARTS) is 2. The number of aromatic carboxylic acids is 1. The zero-order valence-electron chi connectivity index (χ0n) is 13.2. The summed E-state index contributed by atoms with van der Waals surface area (Å²) in [4.78, 5) is 21.9. The molecule has 0 saturated heterocycles. The Morgan fingerprint density at radius 1 is 1.12 bits per heavy atom. The van der Waals surface area contributed by atoms with E-state index in [2.05, 4.69) is 5.10 Å². The van der Waals surface area contributed by atoms with Crippen molar-refractivity contribution in [2.75, 3.05) is 0 Å². The fourth-order valence-corrected chi connectivity index (χ4v) is 2.54. The lowest BCUT2D eigenvalue weighted by Crippen LogP contribution is -2.05. The minimum atomic E-state index is -1.17. The van der Waals surface area contributed by atoms with E-state index in [1.54, 1.807) is 0 Å². The Morgan fingerprint density at radius 3 is 2.54 bits per heavy atom. The van der Waals surface area contributed by atoms with E-state index >= 15 is 0 Å². The van der Waals surface area contributed by atoms with Crippen molar-refractivity contribution in [3.63, 3.8) is 0 Å². The number of fused-ring (bicyclic) bond motifs is 1. The molecule has 26 heavy (non-hydrogen) atoms. The maximum absolute atomic E-state index is 13.9. The topological polar surface area (TPSA) is 92.4 Å². The summed E-state index contributed by atoms with van der Waals surface area (Å²) in [5.74, 6) is -3.78. The van der Waals surface area contributed by atoms with E-state index in [1.165, 1.54) is 35.0 Å². The fraction of sp³-hybridized carbons (Fsp3) is 0.0556. The van der Waals surface area contributed by atoms with Gasteiger partial charge in [0.2, 0.25) is 0 Å². The fourth-order valence-electron chi connectivity index (χ4n) is 2.54. The van der Waals surface area contributed by atoms with Gasteiger partial charge >= 0.3 is 11.9 Å². The minimum absolute atomic E-state index is 0.00647. The molecule has 0 spiro atoms. The molecule has 2 aromatic carbocycles. The zero-order valence-corrected chi connectivity index (χ0v) is 13.2. The van der Waals surface area contributed by atoms with Crippen LogP contribution in [0.25, 0.3) is 17.0 Å². The molecule has 6 nitrogen and oxygen atoms in total. The van der Waals surface area contributed by atoms with Crippen molar-refractivity contribution in [3.05, 3.63) is 70.9 Å². The van der Waals surface area contributed by atoms with Crippen LogP contribution in [-0.2, 0) is 11.3 Å². The van der Waals surface area contributed by atoms with Crippen LogP contribution in [-0.4, -0.2) is 31.9 Å². The third kappa shape index (κ3) is 3.44. The predicted octanol–water partition coefficient (Wildman–Crippen LogP) is 3.16. The van der Waals surface area contributed by atoms with E-state index in [-0.39, 0.29) is 17.7 Å². The Balaban J connectivity index is 2.14. The van der Waals surface area contributed by atoms with Crippen LogP contribution in [0.1, 0.15) is 21.6 Å². The van der Waals surface area contributed by atoms with Gasteiger partial charge in [-0.05, 0) is 30.3 Å². The van der Waals surface area contributed by atoms with Crippen LogP contribution in [0, 0.1) is 11.6 Å². The molecule has 0 fully saturated rings. The summed E-state index contributed by atoms with van der Waals surface area (Å²) < 4.78 is 28.4. The predicted molar refractivity (Wildman–Crippen MR) is 88.8 cm³/mol. The summed E-state index contributed by atoms with van der Waals surface area (Å²) in [7, 11) is 0. The van der Waals surface area contributed by atoms with Crippen LogP contribution in [0.5, 0.6) is 0 Å². The monoisotopic (exact) mass is 358 g/mol. The Labute approximate surface area is 145 Å². The number of carbonyl (C=O) groups is 2. The second kappa shape index (κ2) is 6.75. The molecule has 0 amide bonds. The van der Waals surface area contributed by atoms with Gasteiger partial charge in [0.25, 0.3) is 0 Å². The zero-order chi connectivity index (χ0) is 18.8. The first-order valence-corrected chi connectivity index (χ1v) is 7.44. The average molecular weight is 358 g/mol. The Kier molecular flexibility index (Phi) is 4.49. The summed E-state index contributed by atoms with van der Waals surface area (Å²) in [6.45, 7) is -0.0768. The molecule has 1 aromatic heterocycles. The molecule has 0 aliphatic rings. The lowest BCUT2D eigenvalue weighted by molar-refractivity contribution is -0.131. The van der Waals surface area contributed by atoms with E-state index in [1.807, 2.05) is 0 Å². The van der Waals surface area contributed by atoms with Crippen molar-refractivity contribution in [2.45, 2.75) is 6.54 Å². The quantitative estimate of drug-likeness (QED) is 0.684. The highest BCUT2D eigenvalue weighted by atomic mass is 19.1. The molecule has 3 rings (SSSR count). The van der Waals surface area contributed by atoms with E-state index in [4.69, 9.17) is 10.2 Å². The normalized spacial score (nSPS) is 11.3. The van der Waals surface area contributed by atoms with Gasteiger partial charge in [-0.2, -0.15) is 5.10 Å². The third-order valence-corrected chi connectivity index (χ3v) is 3.75. The Bertz CT molecular complexity index is 1060. The van der Waals surface area contributed by atoms with Gasteiger partial charge in [0.05, 0.1) is 23.3 Å². The maximum atomic E-state index is 13.9. The molecule has 0 saturated carbocycles. The summed E-state index contributed by atoms with van der Waals surface area (Å²) in [5, 5.41) is 22.7. The van der Waals surface area contributed by atoms with Gasteiger partial charge in [-0.1, -0.05) is 6.07 Å². The smallest absolute Gasteiger partial charge is 0.335 e. The first kappa shape index (κ1) is 17.3. The van der Waals surface area contributed by atoms with Gasteiger partial charge in [0.1, 0.15) is 11.6 Å². The second-order valence-electron chi connectivity index (χ2n) is 5.49. The van der Waals surface area contributed by atoms with Crippen LogP contribution in [0.15, 0.2) is 42.5 Å². The maximum Gasteiger partial charge on any atom is 0.335 e. The summed E-state index contributed by atoms with van der Waals surface area (Å²) in [6, 6.07) is 7.36. The average Bonchev–Trinajstić information content (AvgIpc) is 2.92. The van der Waals surface area contributed by atoms with Crippen LogP contribution >= 0.6 is 0 Å². The summed E-state index contributed by atoms with van der Waals surface area (Å²) in [6.07, 6.45) is 2.17. The molecule has 0 aliphatic carbocycles. The molecule has 1 heterocycles. The van der Waals surface area contributed by atoms with Crippen LogP contribution < -0.4 is 0 Å². The van der Waals surface area contributed by atoms with Crippen molar-refractivity contribution < 1.29 is 28.6 Å². The Morgan fingerprint density at radius 2 is 1.88 bits per heavy atom. The molecule has 0 atom stereocenters. The summed E-state index contributed by atoms with van der Waals surface area (Å²) >= 11 is 0. The summed E-state index contributed by atoms with van der Waals surface area (Å²) in [5.41, 5.74) is 0.845. The van der Waals surface area contributed by atoms with Crippen LogP contribution in [0.3, 0.4) is 0 Å². The van der Waals surface area contributed by atoms with E-state index in [9.17, 15) is 18.4 Å². The highest BCUT2D eigenvalue weighted by molar-refractivity contribution is 5.97. The number of rotatable bonds is 5. The highest BCUT2D eigenvalue weighted by Gasteiger charge is 2.14. The van der Waals surface area contributed by atoms with Crippen molar-refractivity contribution in [3.8, 4) is 0 Å². The molecule has 0 radical (unpaired) electrons. The number of carboxylic acids is 2. The minimum Gasteiger partial charge on any atom is -0.478 e. The van der Waals surface area contributed by atoms with Gasteiger partial charge < -0.3 is 10.2 Å². The van der Waals surface area contributed by atoms with Gasteiger partial charge in [0.15, 0.2) is 0 Å². The molecule has 3 aromatic rings. The second-order valence-corrected chi connectivity index (χ2v) is 5.49. The number of hydrogen-bond acceptors (Lipinski definition) is 3. The molecule has 0 aliphatic heterocycles. The van der Waals surface area contributed by atoms with Gasteiger partial charge in [-0.15, -0.1) is 0 Å². The Hall–Kier alpha value is -3.55. The highest BCUT2D eigenvalue weighted by Crippen LogP contribution is 2.23. The number of hydrogen-bond donors (Lipinski definition) is 2. The molecule has 8 heteroatoms. The number of halogens is 2.